The number of hydrogen-bond donors (Lipinski definition) is 2. The van der Waals surface area contributed by atoms with Gasteiger partial charge in [-0.1, -0.05) is 6.92 Å². The van der Waals surface area contributed by atoms with Crippen molar-refractivity contribution >= 4 is 16.9 Å². The number of aryl methyl sites for hydroxylation is 1. The lowest BCUT2D eigenvalue weighted by molar-refractivity contribution is -0.141. The Hall–Kier alpha value is -2.50. The van der Waals surface area contributed by atoms with Crippen molar-refractivity contribution in [1.82, 2.24) is 0 Å². The number of rotatable bonds is 4. The number of ether oxygens (including phenoxy) is 1. The van der Waals surface area contributed by atoms with Crippen molar-refractivity contribution in [2.75, 3.05) is 7.11 Å². The Morgan fingerprint density at radius 1 is 1.43 bits per heavy atom. The third-order valence-electron chi connectivity index (χ3n) is 3.33. The molecule has 0 spiro atoms. The molecule has 112 valence electrons. The molecule has 0 bridgehead atoms. The molecule has 0 aliphatic carbocycles. The molecule has 0 aliphatic rings. The number of aliphatic carboxylic acids is 1. The van der Waals surface area contributed by atoms with E-state index in [2.05, 4.69) is 0 Å². The molecule has 6 heteroatoms. The Labute approximate surface area is 120 Å². The lowest BCUT2D eigenvalue weighted by Gasteiger charge is -2.14. The Morgan fingerprint density at radius 2 is 2.10 bits per heavy atom. The van der Waals surface area contributed by atoms with Crippen LogP contribution in [0.1, 0.15) is 18.2 Å². The number of phenols is 1. The number of benzene rings is 1. The van der Waals surface area contributed by atoms with Gasteiger partial charge in [-0.25, -0.2) is 0 Å². The van der Waals surface area contributed by atoms with Gasteiger partial charge in [-0.05, 0) is 13.3 Å². The molecule has 1 heterocycles. The summed E-state index contributed by atoms with van der Waals surface area (Å²) in [6, 6.07) is 2.77. The molecule has 0 fully saturated rings. The predicted molar refractivity (Wildman–Crippen MR) is 75.9 cm³/mol. The zero-order chi connectivity index (χ0) is 15.7. The van der Waals surface area contributed by atoms with E-state index in [0.29, 0.717) is 11.5 Å². The van der Waals surface area contributed by atoms with Crippen LogP contribution in [0.2, 0.25) is 0 Å². The number of carboxylic acid groups (broad SMARTS) is 1. The van der Waals surface area contributed by atoms with E-state index in [1.807, 2.05) is 0 Å². The first kappa shape index (κ1) is 14.9. The lowest BCUT2D eigenvalue weighted by Crippen LogP contribution is -2.13. The standard InChI is InChI=1S/C15H16O6/c1-7(15(18)19)4-9-11(20-3)6-12-13(14(9)17)10(16)5-8(2)21-12/h5-7,17H,4H2,1-3H3,(H,18,19). The molecule has 21 heavy (non-hydrogen) atoms. The summed E-state index contributed by atoms with van der Waals surface area (Å²) in [6.45, 7) is 3.15. The highest BCUT2D eigenvalue weighted by molar-refractivity contribution is 5.87. The monoisotopic (exact) mass is 292 g/mol. The average Bonchev–Trinajstić information content (AvgIpc) is 2.40. The zero-order valence-corrected chi connectivity index (χ0v) is 12.0. The van der Waals surface area contributed by atoms with Crippen LogP contribution in [0.4, 0.5) is 0 Å². The summed E-state index contributed by atoms with van der Waals surface area (Å²) < 4.78 is 10.6. The fourth-order valence-corrected chi connectivity index (χ4v) is 2.21. The van der Waals surface area contributed by atoms with E-state index < -0.39 is 11.9 Å². The van der Waals surface area contributed by atoms with Crippen molar-refractivity contribution in [3.8, 4) is 11.5 Å². The van der Waals surface area contributed by atoms with E-state index in [-0.39, 0.29) is 34.1 Å². The van der Waals surface area contributed by atoms with E-state index in [1.54, 1.807) is 6.92 Å². The van der Waals surface area contributed by atoms with Crippen molar-refractivity contribution in [1.29, 1.82) is 0 Å². The Balaban J connectivity index is 2.72. The van der Waals surface area contributed by atoms with E-state index in [1.165, 1.54) is 26.2 Å². The summed E-state index contributed by atoms with van der Waals surface area (Å²) in [5.74, 6) is -1.29. The highest BCUT2D eigenvalue weighted by Crippen LogP contribution is 2.36. The Kier molecular flexibility index (Phi) is 3.88. The minimum Gasteiger partial charge on any atom is -0.507 e. The molecule has 1 aromatic heterocycles. The molecule has 2 aromatic rings. The SMILES string of the molecule is COc1cc2oc(C)cc(=O)c2c(O)c1CC(C)C(=O)O. The van der Waals surface area contributed by atoms with Crippen LogP contribution in [-0.2, 0) is 11.2 Å². The second kappa shape index (κ2) is 5.47. The van der Waals surface area contributed by atoms with E-state index in [4.69, 9.17) is 14.3 Å². The quantitative estimate of drug-likeness (QED) is 0.895. The average molecular weight is 292 g/mol. The van der Waals surface area contributed by atoms with Gasteiger partial charge in [0.05, 0.1) is 13.0 Å². The predicted octanol–water partition coefficient (Wildman–Crippen LogP) is 2.08. The molecule has 0 aliphatic heterocycles. The Bertz CT molecular complexity index is 759. The van der Waals surface area contributed by atoms with Crippen LogP contribution in [0.25, 0.3) is 11.0 Å². The minimum absolute atomic E-state index is 0.0361. The van der Waals surface area contributed by atoms with E-state index >= 15 is 0 Å². The van der Waals surface area contributed by atoms with Crippen molar-refractivity contribution < 1.29 is 24.2 Å². The third-order valence-corrected chi connectivity index (χ3v) is 3.33. The number of methoxy groups -OCH3 is 1. The topological polar surface area (TPSA) is 97.0 Å². The number of fused-ring (bicyclic) bond motifs is 1. The van der Waals surface area contributed by atoms with Gasteiger partial charge in [0, 0.05) is 17.7 Å². The second-order valence-electron chi connectivity index (χ2n) is 4.94. The van der Waals surface area contributed by atoms with Gasteiger partial charge < -0.3 is 19.4 Å². The normalized spacial score (nSPS) is 12.3. The van der Waals surface area contributed by atoms with E-state index in [0.717, 1.165) is 0 Å². The molecule has 0 amide bonds. The van der Waals surface area contributed by atoms with Gasteiger partial charge in [0.1, 0.15) is 28.2 Å². The smallest absolute Gasteiger partial charge is 0.306 e. The van der Waals surface area contributed by atoms with Gasteiger partial charge in [-0.3, -0.25) is 9.59 Å². The molecule has 0 radical (unpaired) electrons. The fourth-order valence-electron chi connectivity index (χ4n) is 2.21. The van der Waals surface area contributed by atoms with Crippen molar-refractivity contribution in [3.05, 3.63) is 33.7 Å². The molecule has 2 N–H and O–H groups in total. The molecule has 0 saturated carbocycles. The number of phenolic OH excluding ortho intramolecular Hbond substituents is 1. The van der Waals surface area contributed by atoms with Crippen LogP contribution in [0.3, 0.4) is 0 Å². The number of hydrogen-bond acceptors (Lipinski definition) is 5. The Morgan fingerprint density at radius 3 is 2.67 bits per heavy atom. The first-order chi connectivity index (χ1) is 9.85. The molecular formula is C15H16O6. The van der Waals surface area contributed by atoms with Gasteiger partial charge in [-0.15, -0.1) is 0 Å². The van der Waals surface area contributed by atoms with Gasteiger partial charge in [0.25, 0.3) is 0 Å². The maximum Gasteiger partial charge on any atom is 0.306 e. The summed E-state index contributed by atoms with van der Waals surface area (Å²) in [7, 11) is 1.41. The zero-order valence-electron chi connectivity index (χ0n) is 12.0. The molecule has 0 saturated heterocycles. The van der Waals surface area contributed by atoms with Gasteiger partial charge >= 0.3 is 5.97 Å². The second-order valence-corrected chi connectivity index (χ2v) is 4.94. The van der Waals surface area contributed by atoms with Crippen molar-refractivity contribution in [2.45, 2.75) is 20.3 Å². The molecular weight excluding hydrogens is 276 g/mol. The van der Waals surface area contributed by atoms with Crippen molar-refractivity contribution in [2.24, 2.45) is 5.92 Å². The van der Waals surface area contributed by atoms with Crippen LogP contribution in [0.15, 0.2) is 21.3 Å². The first-order valence-corrected chi connectivity index (χ1v) is 6.41. The minimum atomic E-state index is -0.993. The fraction of sp³-hybridized carbons (Fsp3) is 0.333. The number of carbonyl (C=O) groups is 1. The third kappa shape index (κ3) is 2.69. The maximum atomic E-state index is 12.0. The number of aromatic hydroxyl groups is 1. The molecule has 2 rings (SSSR count). The molecule has 6 nitrogen and oxygen atoms in total. The summed E-state index contributed by atoms with van der Waals surface area (Å²) in [5, 5.41) is 19.4. The molecule has 1 aromatic carbocycles. The number of carboxylic acids is 1. The van der Waals surface area contributed by atoms with Crippen LogP contribution < -0.4 is 10.2 Å². The lowest BCUT2D eigenvalue weighted by atomic mass is 9.97. The summed E-state index contributed by atoms with van der Waals surface area (Å²) >= 11 is 0. The van der Waals surface area contributed by atoms with Crippen LogP contribution >= 0.6 is 0 Å². The summed E-state index contributed by atoms with van der Waals surface area (Å²) in [6.07, 6.45) is 0.0492. The highest BCUT2D eigenvalue weighted by atomic mass is 16.5. The van der Waals surface area contributed by atoms with Gasteiger partial charge in [0.2, 0.25) is 0 Å². The summed E-state index contributed by atoms with van der Waals surface area (Å²) in [5.41, 5.74) is 0.121. The van der Waals surface area contributed by atoms with Crippen LogP contribution in [0, 0.1) is 12.8 Å². The molecule has 1 unspecified atom stereocenters. The maximum absolute atomic E-state index is 12.0. The summed E-state index contributed by atoms with van der Waals surface area (Å²) in [4.78, 5) is 23.0. The van der Waals surface area contributed by atoms with Gasteiger partial charge in [-0.2, -0.15) is 0 Å². The van der Waals surface area contributed by atoms with Crippen LogP contribution in [0.5, 0.6) is 11.5 Å². The van der Waals surface area contributed by atoms with E-state index in [9.17, 15) is 14.7 Å². The van der Waals surface area contributed by atoms with Crippen molar-refractivity contribution in [3.63, 3.8) is 0 Å². The van der Waals surface area contributed by atoms with Gasteiger partial charge in [0.15, 0.2) is 5.43 Å². The molecule has 1 atom stereocenters. The highest BCUT2D eigenvalue weighted by Gasteiger charge is 2.22. The first-order valence-electron chi connectivity index (χ1n) is 6.41. The largest absolute Gasteiger partial charge is 0.507 e. The van der Waals surface area contributed by atoms with Crippen LogP contribution in [-0.4, -0.2) is 23.3 Å².